The van der Waals surface area contributed by atoms with Gasteiger partial charge in [0.15, 0.2) is 41.3 Å². The summed E-state index contributed by atoms with van der Waals surface area (Å²) in [5.41, 5.74) is 11.2. The van der Waals surface area contributed by atoms with Crippen LogP contribution in [0.5, 0.6) is 0 Å². The molecule has 10 atom stereocenters. The number of nitrogens with two attached hydrogens (primary N) is 2. The Morgan fingerprint density at radius 2 is 1.70 bits per heavy atom. The third kappa shape index (κ3) is 5.64. The van der Waals surface area contributed by atoms with Crippen molar-refractivity contribution < 1.29 is 50.7 Å². The summed E-state index contributed by atoms with van der Waals surface area (Å²) < 4.78 is 86.1. The smallest absolute Gasteiger partial charge is 0.387 e. The van der Waals surface area contributed by atoms with E-state index in [1.54, 1.807) is 0 Å². The van der Waals surface area contributed by atoms with Crippen molar-refractivity contribution in [2.45, 2.75) is 49.1 Å². The van der Waals surface area contributed by atoms with E-state index < -0.39 is 82.5 Å². The molecule has 47 heavy (non-hydrogen) atoms. The fraction of sp³-hybridized carbons (Fsp3) is 0.545. The number of rotatable bonds is 4. The number of phosphoric acid groups is 1. The van der Waals surface area contributed by atoms with Gasteiger partial charge in [-0.25, -0.2) is 33.5 Å². The van der Waals surface area contributed by atoms with Crippen LogP contribution in [0, 0.1) is 0 Å². The maximum atomic E-state index is 16.2. The van der Waals surface area contributed by atoms with Crippen LogP contribution in [0.25, 0.3) is 22.3 Å². The van der Waals surface area contributed by atoms with Crippen LogP contribution in [0.1, 0.15) is 12.5 Å². The Morgan fingerprint density at radius 3 is 2.45 bits per heavy atom. The largest absolute Gasteiger partial charge is 0.475 e. The number of ether oxygens (including phenoxy) is 2. The molecule has 3 aliphatic heterocycles. The molecule has 0 aromatic carbocycles. The Kier molecular flexibility index (Phi) is 8.36. The van der Waals surface area contributed by atoms with Crippen LogP contribution in [0.15, 0.2) is 23.8 Å². The summed E-state index contributed by atoms with van der Waals surface area (Å²) in [5.74, 6) is -0.180. The third-order valence-electron chi connectivity index (χ3n) is 7.71. The second-order valence-electron chi connectivity index (χ2n) is 10.4. The van der Waals surface area contributed by atoms with Gasteiger partial charge in [0.25, 0.3) is 5.56 Å². The number of halogens is 1. The lowest BCUT2D eigenvalue weighted by Gasteiger charge is -2.27. The molecule has 0 aliphatic carbocycles. The highest BCUT2D eigenvalue weighted by Gasteiger charge is 2.55. The van der Waals surface area contributed by atoms with E-state index in [0.29, 0.717) is 11.4 Å². The number of fused-ring (bicyclic) bond motifs is 5. The van der Waals surface area contributed by atoms with Crippen LogP contribution < -0.4 is 17.0 Å². The molecule has 21 nitrogen and oxygen atoms in total. The van der Waals surface area contributed by atoms with Crippen molar-refractivity contribution in [2.75, 3.05) is 38.0 Å². The summed E-state index contributed by atoms with van der Waals surface area (Å²) >= 11 is 0.675. The van der Waals surface area contributed by atoms with E-state index in [1.807, 2.05) is 0 Å². The Morgan fingerprint density at radius 1 is 1.00 bits per heavy atom. The van der Waals surface area contributed by atoms with Crippen LogP contribution >= 0.6 is 26.0 Å². The van der Waals surface area contributed by atoms with Gasteiger partial charge in [-0.05, 0) is 17.6 Å². The average Bonchev–Trinajstić information content (AvgIpc) is 3.81. The van der Waals surface area contributed by atoms with Gasteiger partial charge in [-0.3, -0.25) is 41.5 Å². The number of H-pyrrole nitrogens is 1. The molecule has 4 aromatic heterocycles. The number of anilines is 2. The van der Waals surface area contributed by atoms with Crippen molar-refractivity contribution in [2.24, 2.45) is 0 Å². The first-order valence-electron chi connectivity index (χ1n) is 13.7. The first kappa shape index (κ1) is 32.5. The molecule has 0 amide bonds. The fourth-order valence-corrected chi connectivity index (χ4v) is 8.73. The monoisotopic (exact) mass is 720 g/mol. The highest BCUT2D eigenvalue weighted by Crippen LogP contribution is 2.63. The predicted molar refractivity (Wildman–Crippen MR) is 158 cm³/mol. The SMILES string of the molecule is COP1(=O)OCC2OC(n3cnc4c(=O)[nH]c(N)nc43)C(OP(=O)(SC)OCC3OC(n4cnc5c(N)ncnc54)C(F)C3O1)C2O. The van der Waals surface area contributed by atoms with Gasteiger partial charge in [0.2, 0.25) is 5.95 Å². The number of hydrogen-bond acceptors (Lipinski definition) is 19. The number of nitrogens with zero attached hydrogens (tertiary/aromatic N) is 7. The van der Waals surface area contributed by atoms with E-state index in [0.717, 1.165) is 13.4 Å². The van der Waals surface area contributed by atoms with Crippen molar-refractivity contribution in [1.82, 2.24) is 39.0 Å². The number of nitrogens with one attached hydrogen (secondary N) is 1. The van der Waals surface area contributed by atoms with Gasteiger partial charge in [0, 0.05) is 7.11 Å². The lowest BCUT2D eigenvalue weighted by atomic mass is 10.1. The Balaban J connectivity index is 1.24. The third-order valence-corrected chi connectivity index (χ3v) is 12.5. The number of aliphatic hydroxyl groups is 1. The van der Waals surface area contributed by atoms with Crippen molar-refractivity contribution in [3.05, 3.63) is 29.3 Å². The summed E-state index contributed by atoms with van der Waals surface area (Å²) in [6.07, 6.45) is -7.22. The van der Waals surface area contributed by atoms with Gasteiger partial charge < -0.3 is 26.0 Å². The predicted octanol–water partition coefficient (Wildman–Crippen LogP) is 0.661. The zero-order valence-corrected chi connectivity index (χ0v) is 26.9. The number of aliphatic hydroxyl groups excluding tert-OH is 1. The molecule has 254 valence electrons. The van der Waals surface area contributed by atoms with Crippen LogP contribution in [-0.4, -0.2) is 107 Å². The second-order valence-corrected chi connectivity index (χ2v) is 16.3. The number of nitrogen functional groups attached to an aromatic ring is 2. The summed E-state index contributed by atoms with van der Waals surface area (Å²) in [7, 11) is -3.59. The van der Waals surface area contributed by atoms with Gasteiger partial charge in [0.1, 0.15) is 42.4 Å². The number of imidazole rings is 2. The Labute approximate surface area is 266 Å². The second kappa shape index (κ2) is 12.1. The van der Waals surface area contributed by atoms with E-state index in [9.17, 15) is 19.0 Å². The van der Waals surface area contributed by atoms with Crippen LogP contribution in [0.4, 0.5) is 16.2 Å². The van der Waals surface area contributed by atoms with Crippen molar-refractivity contribution in [3.63, 3.8) is 0 Å². The summed E-state index contributed by atoms with van der Waals surface area (Å²) in [5, 5.41) is 11.3. The molecule has 0 spiro atoms. The summed E-state index contributed by atoms with van der Waals surface area (Å²) in [6, 6.07) is 0. The fourth-order valence-electron chi connectivity index (χ4n) is 5.44. The van der Waals surface area contributed by atoms with Gasteiger partial charge in [-0.2, -0.15) is 4.98 Å². The zero-order valence-electron chi connectivity index (χ0n) is 24.3. The lowest BCUT2D eigenvalue weighted by molar-refractivity contribution is -0.0629. The summed E-state index contributed by atoms with van der Waals surface area (Å²) in [6.45, 7) is -5.48. The number of phosphoric ester groups is 1. The Hall–Kier alpha value is -3.08. The molecule has 3 saturated heterocycles. The highest BCUT2D eigenvalue weighted by molar-refractivity contribution is 8.54. The highest BCUT2D eigenvalue weighted by atomic mass is 32.7. The molecule has 6 N–H and O–H groups in total. The minimum absolute atomic E-state index is 0.0354. The van der Waals surface area contributed by atoms with Crippen LogP contribution in [0.3, 0.4) is 0 Å². The molecule has 3 aliphatic rings. The molecule has 7 heterocycles. The molecule has 3 fully saturated rings. The molecule has 2 bridgehead atoms. The van der Waals surface area contributed by atoms with Gasteiger partial charge in [-0.1, -0.05) is 0 Å². The molecule has 10 unspecified atom stereocenters. The molecule has 4 aromatic rings. The normalized spacial score (nSPS) is 36.6. The van der Waals surface area contributed by atoms with E-state index >= 15 is 4.39 Å². The Bertz CT molecular complexity index is 1980. The van der Waals surface area contributed by atoms with Gasteiger partial charge >= 0.3 is 14.6 Å². The maximum Gasteiger partial charge on any atom is 0.475 e. The van der Waals surface area contributed by atoms with Crippen molar-refractivity contribution in [1.29, 1.82) is 0 Å². The number of hydrogen-bond donors (Lipinski definition) is 4. The van der Waals surface area contributed by atoms with E-state index in [2.05, 4.69) is 29.9 Å². The summed E-state index contributed by atoms with van der Waals surface area (Å²) in [4.78, 5) is 35.0. The van der Waals surface area contributed by atoms with Gasteiger partial charge in [0.05, 0.1) is 25.9 Å². The molecule has 25 heteroatoms. The van der Waals surface area contributed by atoms with E-state index in [1.165, 1.54) is 28.0 Å². The maximum absolute atomic E-state index is 16.2. The van der Waals surface area contributed by atoms with Crippen LogP contribution in [0.2, 0.25) is 0 Å². The zero-order chi connectivity index (χ0) is 33.2. The van der Waals surface area contributed by atoms with E-state index in [4.69, 9.17) is 43.6 Å². The van der Waals surface area contributed by atoms with Gasteiger partial charge in [-0.15, -0.1) is 0 Å². The van der Waals surface area contributed by atoms with Crippen LogP contribution in [-0.2, 0) is 41.2 Å². The molecular formula is C22H27FN10O11P2S. The quantitative estimate of drug-likeness (QED) is 0.211. The first-order valence-corrected chi connectivity index (χ1v) is 18.5. The minimum atomic E-state index is -4.60. The molecular weight excluding hydrogens is 693 g/mol. The molecule has 7 rings (SSSR count). The molecule has 0 saturated carbocycles. The topological polar surface area (TPSA) is 278 Å². The average molecular weight is 721 g/mol. The lowest BCUT2D eigenvalue weighted by Crippen LogP contribution is -2.35. The number of aromatic amines is 1. The van der Waals surface area contributed by atoms with E-state index in [-0.39, 0.29) is 34.1 Å². The minimum Gasteiger partial charge on any atom is -0.387 e. The van der Waals surface area contributed by atoms with Crippen molar-refractivity contribution in [3.8, 4) is 0 Å². The standard InChI is InChI=1S/C22H27FN10O11P2S/c1-38-45(36)39-3-8-13(34)15(21(41-8)33-7-29-12-18(33)30-22(25)31-19(12)35)44-46(37,47-2)40-4-9-14(43-45)10(23)20(42-9)32-6-28-11-16(24)26-5-27-17(11)32/h5-10,13-15,20-21,34H,3-4H2,1-2H3,(H2,24,26,27)(H3,25,30,31,35). The van der Waals surface area contributed by atoms with Crippen molar-refractivity contribution >= 4 is 60.1 Å². The number of alkyl halides is 1. The molecule has 0 radical (unpaired) electrons. The number of aromatic nitrogens is 8. The first-order chi connectivity index (χ1) is 22.4.